The molecule has 0 amide bonds. The number of benzene rings is 2. The molecular formula is C30H36O3. The Bertz CT molecular complexity index is 1130. The summed E-state index contributed by atoms with van der Waals surface area (Å²) >= 11 is 0. The van der Waals surface area contributed by atoms with Crippen molar-refractivity contribution in [2.75, 3.05) is 0 Å². The van der Waals surface area contributed by atoms with Crippen molar-refractivity contribution in [3.8, 4) is 5.75 Å². The molecule has 0 heterocycles. The van der Waals surface area contributed by atoms with Crippen LogP contribution in [0.15, 0.2) is 30.3 Å². The van der Waals surface area contributed by atoms with E-state index >= 15 is 0 Å². The molecule has 3 aliphatic carbocycles. The van der Waals surface area contributed by atoms with E-state index in [2.05, 4.69) is 33.8 Å². The van der Waals surface area contributed by atoms with E-state index in [9.17, 15) is 14.7 Å². The second kappa shape index (κ2) is 8.11. The summed E-state index contributed by atoms with van der Waals surface area (Å²) in [5.41, 5.74) is 4.16. The molecule has 3 nitrogen and oxygen atoms in total. The summed E-state index contributed by atoms with van der Waals surface area (Å²) in [7, 11) is 0. The van der Waals surface area contributed by atoms with Gasteiger partial charge in [-0.15, -0.1) is 0 Å². The highest BCUT2D eigenvalue weighted by molar-refractivity contribution is 6.29. The summed E-state index contributed by atoms with van der Waals surface area (Å²) in [4.78, 5) is 26.8. The number of carbonyl (C=O) groups excluding carboxylic acids is 2. The van der Waals surface area contributed by atoms with Crippen LogP contribution >= 0.6 is 0 Å². The number of fused-ring (bicyclic) bond motifs is 6. The van der Waals surface area contributed by atoms with Gasteiger partial charge < -0.3 is 5.11 Å². The number of phenols is 1. The molecule has 0 saturated heterocycles. The topological polar surface area (TPSA) is 54.4 Å². The van der Waals surface area contributed by atoms with Crippen LogP contribution < -0.4 is 0 Å². The number of phenolic OH excluding ortho intramolecular Hbond substituents is 1. The Morgan fingerprint density at radius 2 is 1.73 bits per heavy atom. The Hall–Kier alpha value is -2.42. The van der Waals surface area contributed by atoms with Crippen LogP contribution in [0.1, 0.15) is 115 Å². The van der Waals surface area contributed by atoms with E-state index in [0.29, 0.717) is 34.4 Å². The molecule has 1 fully saturated rings. The number of carbonyl (C=O) groups is 2. The predicted octanol–water partition coefficient (Wildman–Crippen LogP) is 7.08. The first-order valence-corrected chi connectivity index (χ1v) is 12.8. The summed E-state index contributed by atoms with van der Waals surface area (Å²) in [6, 6.07) is 8.81. The van der Waals surface area contributed by atoms with Crippen LogP contribution in [0, 0.1) is 23.2 Å². The SMILES string of the molecule is CC(C)CCC[C@@H](C)[C@H]1CC[C@H]2c3ccc4c(c3CC[C@]12C)C(=O)c1c(O)cccc1C4=O. The Morgan fingerprint density at radius 1 is 0.970 bits per heavy atom. The number of ketones is 2. The van der Waals surface area contributed by atoms with Gasteiger partial charge in [0.2, 0.25) is 0 Å². The molecule has 174 valence electrons. The number of rotatable bonds is 5. The highest BCUT2D eigenvalue weighted by atomic mass is 16.3. The fourth-order valence-corrected chi connectivity index (χ4v) is 7.46. The van der Waals surface area contributed by atoms with Crippen LogP contribution in [-0.2, 0) is 6.42 Å². The molecule has 0 radical (unpaired) electrons. The average Bonchev–Trinajstić information content (AvgIpc) is 3.13. The van der Waals surface area contributed by atoms with Gasteiger partial charge in [-0.2, -0.15) is 0 Å². The summed E-state index contributed by atoms with van der Waals surface area (Å²) < 4.78 is 0. The van der Waals surface area contributed by atoms with Crippen molar-refractivity contribution in [1.82, 2.24) is 0 Å². The van der Waals surface area contributed by atoms with Gasteiger partial charge in [-0.3, -0.25) is 9.59 Å². The molecule has 2 aromatic rings. The van der Waals surface area contributed by atoms with Crippen molar-refractivity contribution in [1.29, 1.82) is 0 Å². The van der Waals surface area contributed by atoms with Crippen molar-refractivity contribution >= 4 is 11.6 Å². The average molecular weight is 445 g/mol. The van der Waals surface area contributed by atoms with Crippen molar-refractivity contribution < 1.29 is 14.7 Å². The van der Waals surface area contributed by atoms with Crippen molar-refractivity contribution in [2.24, 2.45) is 23.2 Å². The number of hydrogen-bond donors (Lipinski definition) is 1. The van der Waals surface area contributed by atoms with Gasteiger partial charge >= 0.3 is 0 Å². The summed E-state index contributed by atoms with van der Waals surface area (Å²) in [5.74, 6) is 2.21. The molecule has 0 spiro atoms. The molecule has 3 aliphatic rings. The van der Waals surface area contributed by atoms with Gasteiger partial charge in [0.15, 0.2) is 11.6 Å². The minimum atomic E-state index is -0.185. The van der Waals surface area contributed by atoms with E-state index in [-0.39, 0.29) is 28.3 Å². The van der Waals surface area contributed by atoms with Crippen molar-refractivity contribution in [3.63, 3.8) is 0 Å². The maximum Gasteiger partial charge on any atom is 0.198 e. The van der Waals surface area contributed by atoms with E-state index in [1.54, 1.807) is 12.1 Å². The normalized spacial score (nSPS) is 26.6. The largest absolute Gasteiger partial charge is 0.507 e. The van der Waals surface area contributed by atoms with Gasteiger partial charge in [0.1, 0.15) is 5.75 Å². The second-order valence-electron chi connectivity index (χ2n) is 11.5. The molecule has 0 aliphatic heterocycles. The third kappa shape index (κ3) is 3.38. The van der Waals surface area contributed by atoms with E-state index in [1.165, 1.54) is 37.3 Å². The smallest absolute Gasteiger partial charge is 0.198 e. The van der Waals surface area contributed by atoms with Gasteiger partial charge in [0, 0.05) is 16.7 Å². The zero-order chi connectivity index (χ0) is 23.5. The molecule has 0 unspecified atom stereocenters. The summed E-state index contributed by atoms with van der Waals surface area (Å²) in [5, 5.41) is 10.4. The maximum absolute atomic E-state index is 13.6. The first kappa shape index (κ1) is 22.4. The first-order chi connectivity index (χ1) is 15.7. The summed E-state index contributed by atoms with van der Waals surface area (Å²) in [6.45, 7) is 9.54. The molecule has 5 rings (SSSR count). The molecule has 1 saturated carbocycles. The maximum atomic E-state index is 13.6. The predicted molar refractivity (Wildman–Crippen MR) is 131 cm³/mol. The minimum Gasteiger partial charge on any atom is -0.507 e. The van der Waals surface area contributed by atoms with E-state index in [4.69, 9.17) is 0 Å². The van der Waals surface area contributed by atoms with E-state index < -0.39 is 0 Å². The highest BCUT2D eigenvalue weighted by Gasteiger charge is 2.51. The first-order valence-electron chi connectivity index (χ1n) is 12.8. The molecule has 33 heavy (non-hydrogen) atoms. The molecular weight excluding hydrogens is 408 g/mol. The zero-order valence-corrected chi connectivity index (χ0v) is 20.4. The van der Waals surface area contributed by atoms with Crippen LogP contribution in [0.5, 0.6) is 5.75 Å². The zero-order valence-electron chi connectivity index (χ0n) is 20.4. The monoisotopic (exact) mass is 444 g/mol. The third-order valence-electron chi connectivity index (χ3n) is 9.16. The lowest BCUT2D eigenvalue weighted by molar-refractivity contribution is 0.0970. The Morgan fingerprint density at radius 3 is 2.48 bits per heavy atom. The molecule has 2 aromatic carbocycles. The van der Waals surface area contributed by atoms with Gasteiger partial charge in [0.05, 0.1) is 5.56 Å². The van der Waals surface area contributed by atoms with E-state index in [1.807, 2.05) is 6.07 Å². The fraction of sp³-hybridized carbons (Fsp3) is 0.533. The Labute approximate surface area is 197 Å². The van der Waals surface area contributed by atoms with Crippen LogP contribution in [0.2, 0.25) is 0 Å². The van der Waals surface area contributed by atoms with Crippen LogP contribution in [0.4, 0.5) is 0 Å². The second-order valence-corrected chi connectivity index (χ2v) is 11.5. The number of hydrogen-bond acceptors (Lipinski definition) is 3. The highest BCUT2D eigenvalue weighted by Crippen LogP contribution is 2.61. The minimum absolute atomic E-state index is 0.0918. The fourth-order valence-electron chi connectivity index (χ4n) is 7.46. The van der Waals surface area contributed by atoms with Crippen molar-refractivity contribution in [2.45, 2.75) is 78.6 Å². The third-order valence-corrected chi connectivity index (χ3v) is 9.16. The van der Waals surface area contributed by atoms with Gasteiger partial charge in [0.25, 0.3) is 0 Å². The molecule has 1 N–H and O–H groups in total. The van der Waals surface area contributed by atoms with Crippen molar-refractivity contribution in [3.05, 3.63) is 63.7 Å². The molecule has 0 aromatic heterocycles. The number of aromatic hydroxyl groups is 1. The molecule has 3 heteroatoms. The Kier molecular flexibility index (Phi) is 5.50. The quantitative estimate of drug-likeness (QED) is 0.457. The Balaban J connectivity index is 1.49. The lowest BCUT2D eigenvalue weighted by Crippen LogP contribution is -2.36. The van der Waals surface area contributed by atoms with Gasteiger partial charge in [-0.1, -0.05) is 65.2 Å². The lowest BCUT2D eigenvalue weighted by Gasteiger charge is -2.45. The van der Waals surface area contributed by atoms with Crippen LogP contribution in [0.25, 0.3) is 0 Å². The van der Waals surface area contributed by atoms with Crippen LogP contribution in [-0.4, -0.2) is 16.7 Å². The lowest BCUT2D eigenvalue weighted by atomic mass is 9.59. The summed E-state index contributed by atoms with van der Waals surface area (Å²) in [6.07, 6.45) is 8.21. The molecule has 0 bridgehead atoms. The van der Waals surface area contributed by atoms with Crippen LogP contribution in [0.3, 0.4) is 0 Å². The van der Waals surface area contributed by atoms with Gasteiger partial charge in [-0.25, -0.2) is 0 Å². The molecule has 4 atom stereocenters. The standard InChI is InChI=1S/C30H36O3/c1-17(2)7-5-8-18(3)23-13-14-24-19-11-12-22-26(20(19)15-16-30(23,24)4)29(33)27-21(28(22)32)9-6-10-25(27)31/h6,9-12,17-18,23-24,31H,5,7-8,13-16H2,1-4H3/t18-,23-,24+,30-/m1/s1. The van der Waals surface area contributed by atoms with Gasteiger partial charge in [-0.05, 0) is 78.0 Å². The van der Waals surface area contributed by atoms with E-state index in [0.717, 1.165) is 30.7 Å².